The minimum absolute atomic E-state index is 0.249. The van der Waals surface area contributed by atoms with E-state index in [1.54, 1.807) is 12.3 Å². The summed E-state index contributed by atoms with van der Waals surface area (Å²) in [5.41, 5.74) is 3.75. The predicted molar refractivity (Wildman–Crippen MR) is 135 cm³/mol. The molecule has 4 aromatic rings. The normalized spacial score (nSPS) is 13.1. The molecule has 5 heteroatoms. The van der Waals surface area contributed by atoms with E-state index in [9.17, 15) is 4.79 Å². The fourth-order valence-electron chi connectivity index (χ4n) is 4.03. The van der Waals surface area contributed by atoms with E-state index in [4.69, 9.17) is 21.1 Å². The number of aryl methyl sites for hydroxylation is 1. The molecule has 0 unspecified atom stereocenters. The number of carbonyl (C=O) groups is 1. The van der Waals surface area contributed by atoms with E-state index >= 15 is 0 Å². The zero-order chi connectivity index (χ0) is 23.5. The number of hydrogen-bond acceptors (Lipinski definition) is 4. The molecule has 5 rings (SSSR count). The summed E-state index contributed by atoms with van der Waals surface area (Å²) < 4.78 is 12.2. The molecule has 1 aliphatic rings. The third kappa shape index (κ3) is 5.40. The summed E-state index contributed by atoms with van der Waals surface area (Å²) in [5, 5.41) is 1.44. The van der Waals surface area contributed by atoms with Crippen LogP contribution in [0.15, 0.2) is 72.9 Å². The number of carbonyl (C=O) groups excluding carboxylic acids is 1. The van der Waals surface area contributed by atoms with Gasteiger partial charge in [0.25, 0.3) is 0 Å². The molecule has 0 N–H and O–H groups in total. The van der Waals surface area contributed by atoms with E-state index in [0.29, 0.717) is 41.9 Å². The van der Waals surface area contributed by atoms with Gasteiger partial charge in [0.05, 0.1) is 5.52 Å². The van der Waals surface area contributed by atoms with Gasteiger partial charge in [0, 0.05) is 35.5 Å². The largest absolute Gasteiger partial charge is 0.489 e. The van der Waals surface area contributed by atoms with Crippen molar-refractivity contribution in [3.63, 3.8) is 0 Å². The summed E-state index contributed by atoms with van der Waals surface area (Å²) in [7, 11) is 0. The quantitative estimate of drug-likeness (QED) is 0.254. The molecule has 1 aromatic heterocycles. The van der Waals surface area contributed by atoms with Gasteiger partial charge in [-0.3, -0.25) is 9.78 Å². The molecule has 4 nitrogen and oxygen atoms in total. The Morgan fingerprint density at radius 1 is 1.03 bits per heavy atom. The highest BCUT2D eigenvalue weighted by molar-refractivity contribution is 6.31. The molecule has 0 bridgehead atoms. The number of pyridine rings is 1. The smallest absolute Gasteiger partial charge is 0.138 e. The van der Waals surface area contributed by atoms with Crippen LogP contribution in [0.5, 0.6) is 17.2 Å². The molecule has 0 amide bonds. The Labute approximate surface area is 204 Å². The Kier molecular flexibility index (Phi) is 6.50. The van der Waals surface area contributed by atoms with Crippen LogP contribution >= 0.6 is 11.6 Å². The van der Waals surface area contributed by atoms with Crippen molar-refractivity contribution in [2.45, 2.75) is 39.2 Å². The molecular formula is C29H26ClNO3. The zero-order valence-electron chi connectivity index (χ0n) is 19.1. The van der Waals surface area contributed by atoms with Gasteiger partial charge in [-0.15, -0.1) is 0 Å². The van der Waals surface area contributed by atoms with E-state index in [1.165, 1.54) is 12.8 Å². The highest BCUT2D eigenvalue weighted by atomic mass is 35.5. The van der Waals surface area contributed by atoms with Gasteiger partial charge in [0.1, 0.15) is 29.6 Å². The van der Waals surface area contributed by atoms with E-state index in [-0.39, 0.29) is 5.78 Å². The lowest BCUT2D eigenvalue weighted by Crippen LogP contribution is -2.04. The Hall–Kier alpha value is -3.37. The van der Waals surface area contributed by atoms with Gasteiger partial charge in [-0.25, -0.2) is 0 Å². The van der Waals surface area contributed by atoms with E-state index < -0.39 is 0 Å². The molecule has 1 heterocycles. The van der Waals surface area contributed by atoms with Crippen LogP contribution in [0.1, 0.15) is 36.0 Å². The van der Waals surface area contributed by atoms with Gasteiger partial charge in [-0.05, 0) is 66.6 Å². The Bertz CT molecular complexity index is 1330. The lowest BCUT2D eigenvalue weighted by Gasteiger charge is -2.14. The van der Waals surface area contributed by atoms with Crippen LogP contribution in [0.25, 0.3) is 10.9 Å². The maximum atomic E-state index is 12.2. The van der Waals surface area contributed by atoms with Gasteiger partial charge in [0.15, 0.2) is 0 Å². The number of Topliss-reactive ketones (excluding diaryl/α,β-unsaturated/α-hetero) is 1. The highest BCUT2D eigenvalue weighted by Crippen LogP contribution is 2.35. The highest BCUT2D eigenvalue weighted by Gasteiger charge is 2.24. The van der Waals surface area contributed by atoms with Crippen molar-refractivity contribution in [1.29, 1.82) is 0 Å². The average molecular weight is 472 g/mol. The molecule has 1 saturated carbocycles. The van der Waals surface area contributed by atoms with E-state index in [2.05, 4.69) is 4.98 Å². The number of nitrogens with zero attached hydrogens (tertiary/aromatic N) is 1. The second-order valence-corrected chi connectivity index (χ2v) is 9.34. The first-order chi connectivity index (χ1) is 16.5. The Balaban J connectivity index is 1.32. The molecule has 0 aliphatic heterocycles. The number of benzene rings is 3. The molecule has 1 fully saturated rings. The van der Waals surface area contributed by atoms with Crippen molar-refractivity contribution in [3.8, 4) is 17.2 Å². The zero-order valence-corrected chi connectivity index (χ0v) is 19.8. The minimum Gasteiger partial charge on any atom is -0.489 e. The summed E-state index contributed by atoms with van der Waals surface area (Å²) in [5.74, 6) is 2.94. The molecule has 0 spiro atoms. The first-order valence-corrected chi connectivity index (χ1v) is 12.0. The maximum absolute atomic E-state index is 12.2. The van der Waals surface area contributed by atoms with Gasteiger partial charge in [-0.2, -0.15) is 0 Å². The van der Waals surface area contributed by atoms with Crippen LogP contribution in [0.2, 0.25) is 5.02 Å². The third-order valence-corrected chi connectivity index (χ3v) is 6.44. The number of halogens is 1. The summed E-state index contributed by atoms with van der Waals surface area (Å²) in [4.78, 5) is 16.7. The first kappa shape index (κ1) is 22.4. The first-order valence-electron chi connectivity index (χ1n) is 11.6. The van der Waals surface area contributed by atoms with Crippen molar-refractivity contribution < 1.29 is 14.3 Å². The van der Waals surface area contributed by atoms with Crippen LogP contribution in [0.4, 0.5) is 0 Å². The monoisotopic (exact) mass is 471 g/mol. The number of rotatable bonds is 9. The summed E-state index contributed by atoms with van der Waals surface area (Å²) in [6.45, 7) is 2.51. The fourth-order valence-corrected chi connectivity index (χ4v) is 4.26. The Morgan fingerprint density at radius 2 is 1.85 bits per heavy atom. The summed E-state index contributed by atoms with van der Waals surface area (Å²) in [6, 6.07) is 21.4. The number of hydrogen-bond donors (Lipinski definition) is 0. The van der Waals surface area contributed by atoms with Crippen molar-refractivity contribution in [3.05, 3.63) is 94.6 Å². The van der Waals surface area contributed by atoms with Crippen LogP contribution in [-0.2, 0) is 17.8 Å². The number of fused-ring (bicyclic) bond motifs is 1. The molecule has 0 atom stereocenters. The number of ketones is 1. The van der Waals surface area contributed by atoms with Gasteiger partial charge >= 0.3 is 0 Å². The third-order valence-electron chi connectivity index (χ3n) is 6.09. The van der Waals surface area contributed by atoms with Crippen LogP contribution in [-0.4, -0.2) is 10.8 Å². The van der Waals surface area contributed by atoms with Crippen molar-refractivity contribution in [1.82, 2.24) is 4.98 Å². The fraction of sp³-hybridized carbons (Fsp3) is 0.241. The van der Waals surface area contributed by atoms with Gasteiger partial charge < -0.3 is 9.47 Å². The number of ether oxygens (including phenoxy) is 2. The molecular weight excluding hydrogens is 446 g/mol. The SMILES string of the molecule is Cc1cc2c(Oc3ccc(CC(=O)CC4CC4)c(Cl)c3)ccnc2cc1OCc1ccccc1. The molecule has 0 radical (unpaired) electrons. The predicted octanol–water partition coefficient (Wildman–Crippen LogP) is 7.48. The van der Waals surface area contributed by atoms with Gasteiger partial charge in [-0.1, -0.05) is 48.0 Å². The van der Waals surface area contributed by atoms with Gasteiger partial charge in [0.2, 0.25) is 0 Å². The van der Waals surface area contributed by atoms with Crippen molar-refractivity contribution in [2.75, 3.05) is 0 Å². The van der Waals surface area contributed by atoms with Crippen LogP contribution < -0.4 is 9.47 Å². The molecule has 1 aliphatic carbocycles. The molecule has 172 valence electrons. The lowest BCUT2D eigenvalue weighted by atomic mass is 10.0. The topological polar surface area (TPSA) is 48.4 Å². The van der Waals surface area contributed by atoms with E-state index in [1.807, 2.05) is 67.6 Å². The second kappa shape index (κ2) is 9.86. The Morgan fingerprint density at radius 3 is 2.62 bits per heavy atom. The van der Waals surface area contributed by atoms with Crippen LogP contribution in [0.3, 0.4) is 0 Å². The molecule has 3 aromatic carbocycles. The summed E-state index contributed by atoms with van der Waals surface area (Å²) >= 11 is 6.48. The molecule has 34 heavy (non-hydrogen) atoms. The average Bonchev–Trinajstić information content (AvgIpc) is 3.64. The molecule has 0 saturated heterocycles. The van der Waals surface area contributed by atoms with Crippen molar-refractivity contribution in [2.24, 2.45) is 5.92 Å². The standard InChI is InChI=1S/C29H26ClNO3/c1-19-13-25-27(17-29(19)33-18-21-5-3-2-4-6-21)31-12-11-28(25)34-24-10-9-22(26(30)16-24)15-23(32)14-20-7-8-20/h2-6,9-13,16-17,20H,7-8,14-15,18H2,1H3. The number of aromatic nitrogens is 1. The summed E-state index contributed by atoms with van der Waals surface area (Å²) in [6.07, 6.45) is 5.10. The van der Waals surface area contributed by atoms with Crippen molar-refractivity contribution >= 4 is 28.3 Å². The van der Waals surface area contributed by atoms with E-state index in [0.717, 1.165) is 33.3 Å². The second-order valence-electron chi connectivity index (χ2n) is 8.94. The lowest BCUT2D eigenvalue weighted by molar-refractivity contribution is -0.118. The maximum Gasteiger partial charge on any atom is 0.138 e. The van der Waals surface area contributed by atoms with Crippen LogP contribution in [0, 0.1) is 12.8 Å². The minimum atomic E-state index is 0.249.